The molecule has 0 unspecified atom stereocenters. The zero-order chi connectivity index (χ0) is 34.2. The second-order valence-electron chi connectivity index (χ2n) is 11.6. The van der Waals surface area contributed by atoms with Gasteiger partial charge in [0.15, 0.2) is 5.13 Å². The predicted molar refractivity (Wildman–Crippen MR) is 207 cm³/mol. The van der Waals surface area contributed by atoms with E-state index in [4.69, 9.17) is 9.82 Å². The summed E-state index contributed by atoms with van der Waals surface area (Å²) < 4.78 is 0. The van der Waals surface area contributed by atoms with Crippen molar-refractivity contribution in [1.82, 2.24) is 4.98 Å². The van der Waals surface area contributed by atoms with Gasteiger partial charge in [-0.05, 0) is 16.7 Å². The molecule has 0 radical (unpaired) electrons. The molecule has 2 N–H and O–H groups in total. The average Bonchev–Trinajstić information content (AvgIpc) is 3.65. The van der Waals surface area contributed by atoms with Crippen molar-refractivity contribution in [2.75, 3.05) is 5.32 Å². The molecule has 7 aromatic rings. The van der Waals surface area contributed by atoms with Crippen LogP contribution in [0.2, 0.25) is 0 Å². The number of carboxylic acids is 1. The topological polar surface area (TPSA) is 83.8 Å². The Morgan fingerprint density at radius 1 is 0.569 bits per heavy atom. The Kier molecular flexibility index (Phi) is 11.2. The third-order valence-electron chi connectivity index (χ3n) is 8.68. The SMILES string of the molecule is O=C(O)C(=NOC(c1ccccc1)(c1ccccc1)c1ccccc1)c1csc(NC(c2ccccc2)(c2ccccc2)c2ccccc2)n1.[NaH]. The molecule has 0 atom stereocenters. The number of benzene rings is 6. The van der Waals surface area contributed by atoms with Gasteiger partial charge in [0.05, 0.1) is 0 Å². The zero-order valence-corrected chi connectivity index (χ0v) is 27.8. The second-order valence-corrected chi connectivity index (χ2v) is 12.5. The predicted octanol–water partition coefficient (Wildman–Crippen LogP) is 8.70. The molecule has 0 aliphatic heterocycles. The van der Waals surface area contributed by atoms with Crippen LogP contribution < -0.4 is 5.32 Å². The minimum atomic E-state index is -1.26. The van der Waals surface area contributed by atoms with E-state index >= 15 is 0 Å². The van der Waals surface area contributed by atoms with Crippen LogP contribution in [0.4, 0.5) is 5.13 Å². The number of hydrogen-bond acceptors (Lipinski definition) is 6. The molecule has 246 valence electrons. The Hall–Kier alpha value is -5.31. The molecule has 0 fully saturated rings. The van der Waals surface area contributed by atoms with Crippen molar-refractivity contribution >= 4 is 57.7 Å². The Labute approximate surface area is 323 Å². The molecule has 0 aliphatic carbocycles. The van der Waals surface area contributed by atoms with E-state index < -0.39 is 17.1 Å². The van der Waals surface area contributed by atoms with Crippen molar-refractivity contribution in [3.8, 4) is 0 Å². The number of oxime groups is 1. The zero-order valence-electron chi connectivity index (χ0n) is 27.0. The average molecular weight is 696 g/mol. The maximum absolute atomic E-state index is 12.9. The molecule has 0 aliphatic rings. The molecule has 6 nitrogen and oxygen atoms in total. The van der Waals surface area contributed by atoms with Crippen LogP contribution in [0.25, 0.3) is 0 Å². The van der Waals surface area contributed by atoms with Gasteiger partial charge in [-0.3, -0.25) is 0 Å². The number of aliphatic carboxylic acids is 1. The molecule has 1 heterocycles. The summed E-state index contributed by atoms with van der Waals surface area (Å²) >= 11 is 1.31. The molecule has 8 heteroatoms. The van der Waals surface area contributed by atoms with Crippen LogP contribution in [0.15, 0.2) is 193 Å². The number of carboxylic acid groups (broad SMARTS) is 1. The van der Waals surface area contributed by atoms with Crippen LogP contribution in [0.5, 0.6) is 0 Å². The number of anilines is 1. The number of rotatable bonds is 12. The molecule has 6 aromatic carbocycles. The third kappa shape index (κ3) is 7.16. The van der Waals surface area contributed by atoms with Gasteiger partial charge in [-0.15, -0.1) is 11.3 Å². The summed E-state index contributed by atoms with van der Waals surface area (Å²) in [5.74, 6) is -1.26. The van der Waals surface area contributed by atoms with E-state index in [0.29, 0.717) is 5.13 Å². The summed E-state index contributed by atoms with van der Waals surface area (Å²) in [5, 5.41) is 20.9. The minimum absolute atomic E-state index is 0. The van der Waals surface area contributed by atoms with Crippen LogP contribution in [0, 0.1) is 0 Å². The summed E-state index contributed by atoms with van der Waals surface area (Å²) in [6, 6.07) is 59.6. The summed E-state index contributed by atoms with van der Waals surface area (Å²) in [7, 11) is 0. The second kappa shape index (κ2) is 16.1. The molecular weight excluding hydrogens is 662 g/mol. The van der Waals surface area contributed by atoms with Gasteiger partial charge in [0, 0.05) is 22.1 Å². The Morgan fingerprint density at radius 3 is 1.24 bits per heavy atom. The van der Waals surface area contributed by atoms with E-state index in [-0.39, 0.29) is 41.0 Å². The van der Waals surface area contributed by atoms with Crippen molar-refractivity contribution in [3.05, 3.63) is 226 Å². The number of nitrogens with zero attached hydrogens (tertiary/aromatic N) is 2. The van der Waals surface area contributed by atoms with E-state index in [1.54, 1.807) is 5.38 Å². The molecule has 7 rings (SSSR count). The fourth-order valence-electron chi connectivity index (χ4n) is 6.37. The maximum atomic E-state index is 12.9. The van der Waals surface area contributed by atoms with Crippen LogP contribution in [-0.2, 0) is 20.8 Å². The van der Waals surface area contributed by atoms with Gasteiger partial charge in [-0.2, -0.15) is 0 Å². The molecule has 0 saturated heterocycles. The summed E-state index contributed by atoms with van der Waals surface area (Å²) in [5.41, 5.74) is 3.18. The number of aromatic nitrogens is 1. The Morgan fingerprint density at radius 2 is 0.902 bits per heavy atom. The number of hydrogen-bond donors (Lipinski definition) is 2. The number of thiazole rings is 1. The van der Waals surface area contributed by atoms with Crippen LogP contribution in [0.3, 0.4) is 0 Å². The molecule has 1 aromatic heterocycles. The normalized spacial score (nSPS) is 11.6. The first kappa shape index (κ1) is 35.5. The van der Waals surface area contributed by atoms with E-state index in [1.807, 2.05) is 146 Å². The van der Waals surface area contributed by atoms with E-state index in [1.165, 1.54) is 11.3 Å². The number of carbonyl (C=O) groups is 1. The standard InChI is InChI=1S/C43H33N3O3S.Na.H/c47-40(48)39(46-49-43(35-25-13-4-14-26-35,36-27-15-5-16-28-36)37-29-17-6-18-30-37)38-31-50-41(44-38)45-42(32-19-7-1-8-20-32,33-21-9-2-10-22-33)34-23-11-3-12-24-34;;/h1-31H,(H,44,45)(H,47,48);;. The molecular formula is C43H34N3NaO3S. The first-order chi connectivity index (χ1) is 24.6. The fraction of sp³-hybridized carbons (Fsp3) is 0.0465. The third-order valence-corrected chi connectivity index (χ3v) is 9.44. The molecule has 0 amide bonds. The first-order valence-electron chi connectivity index (χ1n) is 16.2. The molecule has 0 saturated carbocycles. The van der Waals surface area contributed by atoms with Gasteiger partial charge < -0.3 is 15.3 Å². The van der Waals surface area contributed by atoms with Crippen molar-refractivity contribution in [1.29, 1.82) is 0 Å². The van der Waals surface area contributed by atoms with Crippen LogP contribution in [0.1, 0.15) is 39.1 Å². The van der Waals surface area contributed by atoms with Gasteiger partial charge in [0.25, 0.3) is 0 Å². The van der Waals surface area contributed by atoms with Gasteiger partial charge in [-0.1, -0.05) is 187 Å². The Bertz CT molecular complexity index is 1990. The van der Waals surface area contributed by atoms with Crippen LogP contribution >= 0.6 is 11.3 Å². The van der Waals surface area contributed by atoms with Crippen molar-refractivity contribution in [2.45, 2.75) is 11.1 Å². The summed E-state index contributed by atoms with van der Waals surface area (Å²) in [4.78, 5) is 24.3. The van der Waals surface area contributed by atoms with Gasteiger partial charge >= 0.3 is 35.5 Å². The van der Waals surface area contributed by atoms with Crippen molar-refractivity contribution < 1.29 is 14.7 Å². The monoisotopic (exact) mass is 695 g/mol. The first-order valence-corrected chi connectivity index (χ1v) is 17.1. The molecule has 0 spiro atoms. The van der Waals surface area contributed by atoms with Crippen molar-refractivity contribution in [3.63, 3.8) is 0 Å². The van der Waals surface area contributed by atoms with Crippen molar-refractivity contribution in [2.24, 2.45) is 5.16 Å². The van der Waals surface area contributed by atoms with E-state index in [0.717, 1.165) is 33.4 Å². The Balaban J connectivity index is 0.00000448. The van der Waals surface area contributed by atoms with Gasteiger partial charge in [0.2, 0.25) is 11.3 Å². The van der Waals surface area contributed by atoms with E-state index in [2.05, 4.69) is 46.9 Å². The summed E-state index contributed by atoms with van der Waals surface area (Å²) in [6.07, 6.45) is 0. The molecule has 0 bridgehead atoms. The van der Waals surface area contributed by atoms with Crippen LogP contribution in [-0.4, -0.2) is 51.3 Å². The van der Waals surface area contributed by atoms with Gasteiger partial charge in [0.1, 0.15) is 11.2 Å². The van der Waals surface area contributed by atoms with Gasteiger partial charge in [-0.25, -0.2) is 9.78 Å². The van der Waals surface area contributed by atoms with E-state index in [9.17, 15) is 9.90 Å². The number of nitrogens with one attached hydrogen (secondary N) is 1. The summed E-state index contributed by atoms with van der Waals surface area (Å²) in [6.45, 7) is 0. The molecule has 51 heavy (non-hydrogen) atoms. The fourth-order valence-corrected chi connectivity index (χ4v) is 7.12. The quantitative estimate of drug-likeness (QED) is 0.0579.